The molecule has 0 aliphatic rings. The van der Waals surface area contributed by atoms with Crippen molar-refractivity contribution in [1.29, 1.82) is 0 Å². The van der Waals surface area contributed by atoms with Gasteiger partial charge in [-0.3, -0.25) is 9.78 Å². The van der Waals surface area contributed by atoms with E-state index >= 15 is 0 Å². The van der Waals surface area contributed by atoms with E-state index in [2.05, 4.69) is 31.1 Å². The standard InChI is InChI=1S/C14H23N3O/c1-10-5-6-11(8-16-10)13(18)17-9-12(15)7-14(2,3)4/h5-6,8,12H,7,9,15H2,1-4H3,(H,17,18). The van der Waals surface area contributed by atoms with Crippen LogP contribution in [0.2, 0.25) is 0 Å². The van der Waals surface area contributed by atoms with Gasteiger partial charge in [0, 0.05) is 24.5 Å². The Morgan fingerprint density at radius 3 is 2.61 bits per heavy atom. The van der Waals surface area contributed by atoms with Gasteiger partial charge in [0.25, 0.3) is 5.91 Å². The quantitative estimate of drug-likeness (QED) is 0.856. The number of pyridine rings is 1. The van der Waals surface area contributed by atoms with Gasteiger partial charge in [-0.2, -0.15) is 0 Å². The molecule has 0 aromatic carbocycles. The Morgan fingerprint density at radius 1 is 1.44 bits per heavy atom. The molecule has 1 amide bonds. The van der Waals surface area contributed by atoms with Gasteiger partial charge in [0.2, 0.25) is 0 Å². The highest BCUT2D eigenvalue weighted by Gasteiger charge is 2.16. The Kier molecular flexibility index (Phi) is 4.84. The zero-order valence-corrected chi connectivity index (χ0v) is 11.7. The zero-order chi connectivity index (χ0) is 13.8. The van der Waals surface area contributed by atoms with Crippen LogP contribution in [0.3, 0.4) is 0 Å². The number of aromatic nitrogens is 1. The predicted molar refractivity (Wildman–Crippen MR) is 73.4 cm³/mol. The van der Waals surface area contributed by atoms with Gasteiger partial charge in [0.15, 0.2) is 0 Å². The molecule has 1 unspecified atom stereocenters. The van der Waals surface area contributed by atoms with Crippen molar-refractivity contribution in [2.24, 2.45) is 11.1 Å². The lowest BCUT2D eigenvalue weighted by molar-refractivity contribution is 0.0948. The second kappa shape index (κ2) is 5.96. The van der Waals surface area contributed by atoms with E-state index in [0.717, 1.165) is 12.1 Å². The fraction of sp³-hybridized carbons (Fsp3) is 0.571. The number of aryl methyl sites for hydroxylation is 1. The third kappa shape index (κ3) is 5.27. The van der Waals surface area contributed by atoms with Crippen molar-refractivity contribution >= 4 is 5.91 Å². The van der Waals surface area contributed by atoms with Crippen LogP contribution in [0.1, 0.15) is 43.2 Å². The van der Waals surface area contributed by atoms with Crippen LogP contribution in [0.4, 0.5) is 0 Å². The highest BCUT2D eigenvalue weighted by molar-refractivity contribution is 5.93. The van der Waals surface area contributed by atoms with Crippen molar-refractivity contribution in [3.63, 3.8) is 0 Å². The minimum atomic E-state index is -0.119. The van der Waals surface area contributed by atoms with E-state index in [4.69, 9.17) is 5.73 Å². The highest BCUT2D eigenvalue weighted by Crippen LogP contribution is 2.19. The monoisotopic (exact) mass is 249 g/mol. The molecule has 4 nitrogen and oxygen atoms in total. The fourth-order valence-electron chi connectivity index (χ4n) is 1.79. The maximum Gasteiger partial charge on any atom is 0.252 e. The van der Waals surface area contributed by atoms with E-state index in [1.807, 2.05) is 13.0 Å². The molecule has 0 aliphatic heterocycles. The fourth-order valence-corrected chi connectivity index (χ4v) is 1.79. The topological polar surface area (TPSA) is 68.0 Å². The molecule has 3 N–H and O–H groups in total. The van der Waals surface area contributed by atoms with Crippen LogP contribution in [0.5, 0.6) is 0 Å². The summed E-state index contributed by atoms with van der Waals surface area (Å²) in [5.41, 5.74) is 7.63. The SMILES string of the molecule is Cc1ccc(C(=O)NCC(N)CC(C)(C)C)cn1. The molecule has 18 heavy (non-hydrogen) atoms. The number of carbonyl (C=O) groups excluding carboxylic acids is 1. The largest absolute Gasteiger partial charge is 0.350 e. The Balaban J connectivity index is 2.44. The van der Waals surface area contributed by atoms with Crippen molar-refractivity contribution in [2.45, 2.75) is 40.2 Å². The molecule has 0 fully saturated rings. The highest BCUT2D eigenvalue weighted by atomic mass is 16.1. The van der Waals surface area contributed by atoms with Gasteiger partial charge in [-0.05, 0) is 30.9 Å². The third-order valence-electron chi connectivity index (χ3n) is 2.57. The molecule has 100 valence electrons. The molecular formula is C14H23N3O. The van der Waals surface area contributed by atoms with E-state index in [1.54, 1.807) is 12.3 Å². The molecule has 0 bridgehead atoms. The summed E-state index contributed by atoms with van der Waals surface area (Å²) in [5.74, 6) is -0.119. The molecule has 0 saturated heterocycles. The predicted octanol–water partition coefficient (Wildman–Crippen LogP) is 1.88. The first-order chi connectivity index (χ1) is 8.28. The second-order valence-corrected chi connectivity index (χ2v) is 5.92. The van der Waals surface area contributed by atoms with Crippen LogP contribution in [-0.2, 0) is 0 Å². The van der Waals surface area contributed by atoms with E-state index < -0.39 is 0 Å². The third-order valence-corrected chi connectivity index (χ3v) is 2.57. The van der Waals surface area contributed by atoms with Crippen molar-refractivity contribution in [3.8, 4) is 0 Å². The summed E-state index contributed by atoms with van der Waals surface area (Å²) < 4.78 is 0. The number of rotatable bonds is 4. The molecule has 0 aliphatic carbocycles. The van der Waals surface area contributed by atoms with Gasteiger partial charge < -0.3 is 11.1 Å². The molecule has 0 radical (unpaired) electrons. The molecule has 1 aromatic rings. The number of nitrogens with two attached hydrogens (primary N) is 1. The summed E-state index contributed by atoms with van der Waals surface area (Å²) in [5, 5.41) is 2.84. The van der Waals surface area contributed by atoms with Crippen molar-refractivity contribution < 1.29 is 4.79 Å². The molecular weight excluding hydrogens is 226 g/mol. The average Bonchev–Trinajstić information content (AvgIpc) is 2.24. The van der Waals surface area contributed by atoms with E-state index in [9.17, 15) is 4.79 Å². The molecule has 1 rings (SSSR count). The van der Waals surface area contributed by atoms with Crippen molar-refractivity contribution in [1.82, 2.24) is 10.3 Å². The maximum absolute atomic E-state index is 11.8. The molecule has 4 heteroatoms. The lowest BCUT2D eigenvalue weighted by Gasteiger charge is -2.23. The Morgan fingerprint density at radius 2 is 2.11 bits per heavy atom. The van der Waals surface area contributed by atoms with Gasteiger partial charge in [0.1, 0.15) is 0 Å². The van der Waals surface area contributed by atoms with Crippen LogP contribution < -0.4 is 11.1 Å². The Bertz CT molecular complexity index is 392. The van der Waals surface area contributed by atoms with Crippen molar-refractivity contribution in [3.05, 3.63) is 29.6 Å². The van der Waals surface area contributed by atoms with Crippen LogP contribution >= 0.6 is 0 Å². The van der Waals surface area contributed by atoms with Crippen LogP contribution in [0.15, 0.2) is 18.3 Å². The first-order valence-electron chi connectivity index (χ1n) is 6.24. The number of hydrogen-bond acceptors (Lipinski definition) is 3. The normalized spacial score (nSPS) is 13.2. The summed E-state index contributed by atoms with van der Waals surface area (Å²) >= 11 is 0. The van der Waals surface area contributed by atoms with Gasteiger partial charge in [-0.15, -0.1) is 0 Å². The Hall–Kier alpha value is -1.42. The molecule has 0 spiro atoms. The number of amides is 1. The van der Waals surface area contributed by atoms with Gasteiger partial charge >= 0.3 is 0 Å². The molecule has 1 atom stereocenters. The average molecular weight is 249 g/mol. The van der Waals surface area contributed by atoms with E-state index in [-0.39, 0.29) is 17.4 Å². The van der Waals surface area contributed by atoms with Gasteiger partial charge in [-0.25, -0.2) is 0 Å². The summed E-state index contributed by atoms with van der Waals surface area (Å²) in [6.45, 7) is 8.79. The molecule has 0 saturated carbocycles. The number of carbonyl (C=O) groups is 1. The van der Waals surface area contributed by atoms with Crippen LogP contribution in [0.25, 0.3) is 0 Å². The zero-order valence-electron chi connectivity index (χ0n) is 11.7. The molecule has 1 heterocycles. The number of nitrogens with zero attached hydrogens (tertiary/aromatic N) is 1. The van der Waals surface area contributed by atoms with Crippen LogP contribution in [0, 0.1) is 12.3 Å². The Labute approximate surface area is 109 Å². The second-order valence-electron chi connectivity index (χ2n) is 5.92. The molecule has 1 aromatic heterocycles. The maximum atomic E-state index is 11.8. The summed E-state index contributed by atoms with van der Waals surface area (Å²) in [6.07, 6.45) is 2.46. The van der Waals surface area contributed by atoms with E-state index in [1.165, 1.54) is 0 Å². The minimum absolute atomic E-state index is 0.0210. The number of nitrogens with one attached hydrogen (secondary N) is 1. The lowest BCUT2D eigenvalue weighted by atomic mass is 9.88. The summed E-state index contributed by atoms with van der Waals surface area (Å²) in [6, 6.07) is 3.57. The first-order valence-corrected chi connectivity index (χ1v) is 6.24. The first kappa shape index (κ1) is 14.6. The van der Waals surface area contributed by atoms with Crippen molar-refractivity contribution in [2.75, 3.05) is 6.54 Å². The van der Waals surface area contributed by atoms with E-state index in [0.29, 0.717) is 12.1 Å². The number of hydrogen-bond donors (Lipinski definition) is 2. The van der Waals surface area contributed by atoms with Crippen LogP contribution in [-0.4, -0.2) is 23.5 Å². The summed E-state index contributed by atoms with van der Waals surface area (Å²) in [4.78, 5) is 15.9. The van der Waals surface area contributed by atoms with Gasteiger partial charge in [0.05, 0.1) is 5.56 Å². The van der Waals surface area contributed by atoms with Gasteiger partial charge in [-0.1, -0.05) is 20.8 Å². The smallest absolute Gasteiger partial charge is 0.252 e. The lowest BCUT2D eigenvalue weighted by Crippen LogP contribution is -2.39. The minimum Gasteiger partial charge on any atom is -0.350 e. The summed E-state index contributed by atoms with van der Waals surface area (Å²) in [7, 11) is 0.